The molecule has 0 fully saturated rings. The van der Waals surface area contributed by atoms with E-state index in [1.54, 1.807) is 0 Å². The molecule has 1 nitrogen and oxygen atoms in total. The summed E-state index contributed by atoms with van der Waals surface area (Å²) in [6.45, 7) is 0. The van der Waals surface area contributed by atoms with Crippen molar-refractivity contribution in [3.8, 4) is 5.75 Å². The second-order valence-electron chi connectivity index (χ2n) is 2.46. The molecule has 1 aromatic rings. The maximum atomic E-state index is 13.0. The molecule has 0 aromatic heterocycles. The van der Waals surface area contributed by atoms with Gasteiger partial charge in [0.25, 0.3) is 0 Å². The molecule has 0 aliphatic heterocycles. The molecular formula is C8H5BrF4O. The molecule has 0 aliphatic carbocycles. The predicted molar refractivity (Wildman–Crippen MR) is 45.7 cm³/mol. The van der Waals surface area contributed by atoms with Gasteiger partial charge in [0.1, 0.15) is 17.1 Å². The van der Waals surface area contributed by atoms with E-state index in [-0.39, 0.29) is 10.2 Å². The van der Waals surface area contributed by atoms with Crippen LogP contribution in [0.25, 0.3) is 0 Å². The summed E-state index contributed by atoms with van der Waals surface area (Å²) in [6.07, 6.45) is -4.71. The predicted octanol–water partition coefficient (Wildman–Crippen LogP) is 3.62. The van der Waals surface area contributed by atoms with Crippen molar-refractivity contribution in [2.24, 2.45) is 0 Å². The van der Waals surface area contributed by atoms with Crippen molar-refractivity contribution in [1.29, 1.82) is 0 Å². The lowest BCUT2D eigenvalue weighted by molar-refractivity contribution is -0.140. The third-order valence-electron chi connectivity index (χ3n) is 1.53. The number of alkyl halides is 3. The van der Waals surface area contributed by atoms with E-state index in [0.29, 0.717) is 6.07 Å². The lowest BCUT2D eigenvalue weighted by atomic mass is 10.2. The van der Waals surface area contributed by atoms with Gasteiger partial charge in [-0.05, 0) is 22.0 Å². The zero-order valence-electron chi connectivity index (χ0n) is 6.95. The molecule has 0 bridgehead atoms. The zero-order chi connectivity index (χ0) is 10.9. The zero-order valence-corrected chi connectivity index (χ0v) is 8.54. The third-order valence-corrected chi connectivity index (χ3v) is 2.16. The topological polar surface area (TPSA) is 9.23 Å². The monoisotopic (exact) mass is 272 g/mol. The van der Waals surface area contributed by atoms with Crippen LogP contribution in [0.4, 0.5) is 17.6 Å². The van der Waals surface area contributed by atoms with Gasteiger partial charge in [-0.2, -0.15) is 13.2 Å². The summed E-state index contributed by atoms with van der Waals surface area (Å²) in [7, 11) is 1.24. The standard InChI is InChI=1S/C8H5BrF4O/c1-14-4-2-5(9)7(6(10)3-4)8(11,12)13/h2-3H,1H3. The van der Waals surface area contributed by atoms with Gasteiger partial charge in [-0.1, -0.05) is 0 Å². The van der Waals surface area contributed by atoms with Gasteiger partial charge in [0.05, 0.1) is 7.11 Å². The number of hydrogen-bond acceptors (Lipinski definition) is 1. The van der Waals surface area contributed by atoms with Gasteiger partial charge in [0, 0.05) is 10.5 Å². The quantitative estimate of drug-likeness (QED) is 0.710. The summed E-state index contributed by atoms with van der Waals surface area (Å²) < 4.78 is 53.9. The molecule has 0 N–H and O–H groups in total. The van der Waals surface area contributed by atoms with E-state index < -0.39 is 17.6 Å². The van der Waals surface area contributed by atoms with Crippen LogP contribution in [0.3, 0.4) is 0 Å². The van der Waals surface area contributed by atoms with Crippen LogP contribution < -0.4 is 4.74 Å². The van der Waals surface area contributed by atoms with Crippen LogP contribution in [-0.2, 0) is 6.18 Å². The highest BCUT2D eigenvalue weighted by atomic mass is 79.9. The number of halogens is 5. The van der Waals surface area contributed by atoms with Gasteiger partial charge in [0.15, 0.2) is 0 Å². The van der Waals surface area contributed by atoms with Gasteiger partial charge < -0.3 is 4.74 Å². The first-order valence-corrected chi connectivity index (χ1v) is 4.25. The van der Waals surface area contributed by atoms with E-state index in [0.717, 1.165) is 6.07 Å². The SMILES string of the molecule is COc1cc(F)c(C(F)(F)F)c(Br)c1. The molecule has 0 radical (unpaired) electrons. The molecule has 0 saturated heterocycles. The summed E-state index contributed by atoms with van der Waals surface area (Å²) in [5.41, 5.74) is -1.32. The summed E-state index contributed by atoms with van der Waals surface area (Å²) in [5.74, 6) is -1.33. The van der Waals surface area contributed by atoms with E-state index >= 15 is 0 Å². The molecule has 0 heterocycles. The van der Waals surface area contributed by atoms with Gasteiger partial charge >= 0.3 is 6.18 Å². The fourth-order valence-corrected chi connectivity index (χ4v) is 1.58. The first-order valence-electron chi connectivity index (χ1n) is 3.46. The van der Waals surface area contributed by atoms with E-state index in [1.807, 2.05) is 0 Å². The normalized spacial score (nSPS) is 11.6. The van der Waals surface area contributed by atoms with Gasteiger partial charge in [-0.15, -0.1) is 0 Å². The molecular weight excluding hydrogens is 268 g/mol. The molecule has 1 rings (SSSR count). The molecule has 0 amide bonds. The van der Waals surface area contributed by atoms with Gasteiger partial charge in [0.2, 0.25) is 0 Å². The molecule has 0 spiro atoms. The Hall–Kier alpha value is -0.780. The summed E-state index contributed by atoms with van der Waals surface area (Å²) >= 11 is 2.63. The van der Waals surface area contributed by atoms with Crippen LogP contribution in [0.15, 0.2) is 16.6 Å². The molecule has 78 valence electrons. The number of rotatable bonds is 1. The van der Waals surface area contributed by atoms with Crippen LogP contribution in [-0.4, -0.2) is 7.11 Å². The Morgan fingerprint density at radius 1 is 1.29 bits per heavy atom. The van der Waals surface area contributed by atoms with Gasteiger partial charge in [-0.25, -0.2) is 4.39 Å². The number of hydrogen-bond donors (Lipinski definition) is 0. The Labute approximate surface area is 85.8 Å². The van der Waals surface area contributed by atoms with Crippen molar-refractivity contribution in [1.82, 2.24) is 0 Å². The minimum atomic E-state index is -4.71. The highest BCUT2D eigenvalue weighted by Gasteiger charge is 2.36. The Balaban J connectivity index is 3.33. The Morgan fingerprint density at radius 2 is 1.86 bits per heavy atom. The second-order valence-corrected chi connectivity index (χ2v) is 3.32. The van der Waals surface area contributed by atoms with E-state index in [1.165, 1.54) is 7.11 Å². The number of benzene rings is 1. The minimum absolute atomic E-state index is 0.0300. The van der Waals surface area contributed by atoms with Crippen LogP contribution in [0, 0.1) is 5.82 Å². The first-order chi connectivity index (χ1) is 6.36. The fourth-order valence-electron chi connectivity index (χ4n) is 0.939. The van der Waals surface area contributed by atoms with E-state index in [4.69, 9.17) is 0 Å². The van der Waals surface area contributed by atoms with Crippen LogP contribution in [0.5, 0.6) is 5.75 Å². The van der Waals surface area contributed by atoms with Crippen molar-refractivity contribution in [3.05, 3.63) is 28.0 Å². The maximum Gasteiger partial charge on any atom is 0.420 e. The molecule has 0 saturated carbocycles. The summed E-state index contributed by atoms with van der Waals surface area (Å²) in [4.78, 5) is 0. The number of methoxy groups -OCH3 is 1. The smallest absolute Gasteiger partial charge is 0.420 e. The average molecular weight is 273 g/mol. The fraction of sp³-hybridized carbons (Fsp3) is 0.250. The molecule has 0 aliphatic rings. The molecule has 1 aromatic carbocycles. The Bertz CT molecular complexity index is 325. The molecule has 14 heavy (non-hydrogen) atoms. The lowest BCUT2D eigenvalue weighted by Crippen LogP contribution is -2.09. The average Bonchev–Trinajstić information content (AvgIpc) is 1.99. The van der Waals surface area contributed by atoms with Crippen LogP contribution in [0.2, 0.25) is 0 Å². The third kappa shape index (κ3) is 2.17. The Kier molecular flexibility index (Phi) is 3.04. The Morgan fingerprint density at radius 3 is 2.21 bits per heavy atom. The summed E-state index contributed by atoms with van der Waals surface area (Å²) in [6, 6.07) is 1.75. The highest BCUT2D eigenvalue weighted by Crippen LogP contribution is 2.38. The van der Waals surface area contributed by atoms with Gasteiger partial charge in [-0.3, -0.25) is 0 Å². The molecule has 6 heteroatoms. The number of ether oxygens (including phenoxy) is 1. The second kappa shape index (κ2) is 3.76. The largest absolute Gasteiger partial charge is 0.497 e. The van der Waals surface area contributed by atoms with E-state index in [9.17, 15) is 17.6 Å². The van der Waals surface area contributed by atoms with Crippen molar-refractivity contribution < 1.29 is 22.3 Å². The molecule has 0 unspecified atom stereocenters. The van der Waals surface area contributed by atoms with Crippen molar-refractivity contribution in [2.75, 3.05) is 7.11 Å². The maximum absolute atomic E-state index is 13.0. The van der Waals surface area contributed by atoms with Crippen molar-refractivity contribution >= 4 is 15.9 Å². The van der Waals surface area contributed by atoms with Crippen LogP contribution >= 0.6 is 15.9 Å². The minimum Gasteiger partial charge on any atom is -0.497 e. The van der Waals surface area contributed by atoms with E-state index in [2.05, 4.69) is 20.7 Å². The van der Waals surface area contributed by atoms with Crippen molar-refractivity contribution in [2.45, 2.75) is 6.18 Å². The molecule has 0 atom stereocenters. The first kappa shape index (κ1) is 11.3. The van der Waals surface area contributed by atoms with Crippen LogP contribution in [0.1, 0.15) is 5.56 Å². The summed E-state index contributed by atoms with van der Waals surface area (Å²) in [5, 5.41) is 0. The lowest BCUT2D eigenvalue weighted by Gasteiger charge is -2.11. The van der Waals surface area contributed by atoms with Crippen molar-refractivity contribution in [3.63, 3.8) is 0 Å². The highest BCUT2D eigenvalue weighted by molar-refractivity contribution is 9.10.